The SMILES string of the molecule is C[C@@]12CC[C@H]3c4ccc(O)cc4CC[C@@H]3[C@H]1CC[C@@H]2OC(=O)CCc1ccccc1. The number of ether oxygens (including phenoxy) is 1. The zero-order chi connectivity index (χ0) is 20.7. The molecule has 158 valence electrons. The quantitative estimate of drug-likeness (QED) is 0.656. The highest BCUT2D eigenvalue weighted by Crippen LogP contribution is 2.61. The lowest BCUT2D eigenvalue weighted by atomic mass is 9.55. The molecule has 2 saturated carbocycles. The predicted molar refractivity (Wildman–Crippen MR) is 117 cm³/mol. The van der Waals surface area contributed by atoms with Crippen LogP contribution in [0.2, 0.25) is 0 Å². The van der Waals surface area contributed by atoms with Crippen LogP contribution in [-0.2, 0) is 22.4 Å². The van der Waals surface area contributed by atoms with Crippen LogP contribution in [-0.4, -0.2) is 17.2 Å². The van der Waals surface area contributed by atoms with E-state index in [1.54, 1.807) is 0 Å². The highest BCUT2D eigenvalue weighted by Gasteiger charge is 2.56. The van der Waals surface area contributed by atoms with Gasteiger partial charge in [-0.3, -0.25) is 4.79 Å². The van der Waals surface area contributed by atoms with Gasteiger partial charge in [0, 0.05) is 11.8 Å². The maximum absolute atomic E-state index is 12.6. The second-order valence-corrected chi connectivity index (χ2v) is 9.88. The molecule has 30 heavy (non-hydrogen) atoms. The summed E-state index contributed by atoms with van der Waals surface area (Å²) in [5.41, 5.74) is 4.09. The summed E-state index contributed by atoms with van der Waals surface area (Å²) in [7, 11) is 0. The minimum atomic E-state index is -0.0442. The summed E-state index contributed by atoms with van der Waals surface area (Å²) in [5.74, 6) is 2.24. The highest BCUT2D eigenvalue weighted by atomic mass is 16.5. The normalized spacial score (nSPS) is 32.0. The van der Waals surface area contributed by atoms with Gasteiger partial charge in [-0.15, -0.1) is 0 Å². The van der Waals surface area contributed by atoms with Gasteiger partial charge in [-0.25, -0.2) is 0 Å². The van der Waals surface area contributed by atoms with Gasteiger partial charge in [0.1, 0.15) is 11.9 Å². The Balaban J connectivity index is 1.26. The van der Waals surface area contributed by atoms with Gasteiger partial charge in [-0.2, -0.15) is 0 Å². The van der Waals surface area contributed by atoms with Crippen molar-refractivity contribution in [3.63, 3.8) is 0 Å². The summed E-state index contributed by atoms with van der Waals surface area (Å²) in [6.07, 6.45) is 7.97. The zero-order valence-electron chi connectivity index (χ0n) is 17.8. The van der Waals surface area contributed by atoms with E-state index in [1.165, 1.54) is 29.5 Å². The maximum Gasteiger partial charge on any atom is 0.306 e. The van der Waals surface area contributed by atoms with Gasteiger partial charge in [0.05, 0.1) is 0 Å². The van der Waals surface area contributed by atoms with Crippen LogP contribution >= 0.6 is 0 Å². The molecule has 2 fully saturated rings. The Morgan fingerprint density at radius 3 is 2.77 bits per heavy atom. The van der Waals surface area contributed by atoms with Gasteiger partial charge >= 0.3 is 5.97 Å². The Kier molecular flexibility index (Phi) is 5.08. The van der Waals surface area contributed by atoms with Gasteiger partial charge in [0.2, 0.25) is 0 Å². The Morgan fingerprint density at radius 2 is 1.93 bits per heavy atom. The minimum Gasteiger partial charge on any atom is -0.508 e. The van der Waals surface area contributed by atoms with E-state index in [4.69, 9.17) is 4.74 Å². The molecule has 0 heterocycles. The van der Waals surface area contributed by atoms with E-state index in [0.717, 1.165) is 32.1 Å². The summed E-state index contributed by atoms with van der Waals surface area (Å²) < 4.78 is 6.10. The number of aromatic hydroxyl groups is 1. The molecule has 3 aliphatic carbocycles. The summed E-state index contributed by atoms with van der Waals surface area (Å²) >= 11 is 0. The lowest BCUT2D eigenvalue weighted by Gasteiger charge is -2.50. The molecule has 0 saturated heterocycles. The van der Waals surface area contributed by atoms with Gasteiger partial charge in [0.25, 0.3) is 0 Å². The molecule has 2 aromatic carbocycles. The van der Waals surface area contributed by atoms with Crippen LogP contribution in [0.25, 0.3) is 0 Å². The number of fused-ring (bicyclic) bond motifs is 5. The molecule has 0 radical (unpaired) electrons. The number of aryl methyl sites for hydroxylation is 2. The van der Waals surface area contributed by atoms with E-state index in [0.29, 0.717) is 29.9 Å². The average Bonchev–Trinajstić information content (AvgIpc) is 3.09. The van der Waals surface area contributed by atoms with E-state index in [2.05, 4.69) is 25.1 Å². The highest BCUT2D eigenvalue weighted by molar-refractivity contribution is 5.70. The first-order valence-electron chi connectivity index (χ1n) is 11.6. The van der Waals surface area contributed by atoms with Crippen LogP contribution in [0, 0.1) is 17.3 Å². The Labute approximate surface area is 179 Å². The zero-order valence-corrected chi connectivity index (χ0v) is 17.8. The first-order chi connectivity index (χ1) is 14.5. The lowest BCUT2D eigenvalue weighted by molar-refractivity contribution is -0.157. The smallest absolute Gasteiger partial charge is 0.306 e. The Hall–Kier alpha value is -2.29. The molecule has 0 aliphatic heterocycles. The first-order valence-corrected chi connectivity index (χ1v) is 11.6. The molecule has 3 nitrogen and oxygen atoms in total. The number of hydrogen-bond acceptors (Lipinski definition) is 3. The number of carbonyl (C=O) groups excluding carboxylic acids is 1. The summed E-state index contributed by atoms with van der Waals surface area (Å²) in [5, 5.41) is 9.86. The molecule has 0 bridgehead atoms. The molecule has 5 rings (SSSR count). The van der Waals surface area contributed by atoms with Gasteiger partial charge in [-0.1, -0.05) is 43.3 Å². The Morgan fingerprint density at radius 1 is 1.10 bits per heavy atom. The predicted octanol–water partition coefficient (Wildman–Crippen LogP) is 5.79. The van der Waals surface area contributed by atoms with E-state index in [9.17, 15) is 9.90 Å². The summed E-state index contributed by atoms with van der Waals surface area (Å²) in [6, 6.07) is 16.2. The third kappa shape index (κ3) is 3.42. The van der Waals surface area contributed by atoms with E-state index in [1.807, 2.05) is 30.3 Å². The van der Waals surface area contributed by atoms with Crippen LogP contribution in [0.15, 0.2) is 48.5 Å². The number of carbonyl (C=O) groups is 1. The van der Waals surface area contributed by atoms with Crippen LogP contribution in [0.5, 0.6) is 5.75 Å². The van der Waals surface area contributed by atoms with Gasteiger partial charge in [0.15, 0.2) is 0 Å². The summed E-state index contributed by atoms with van der Waals surface area (Å²) in [6.45, 7) is 2.38. The monoisotopic (exact) mass is 404 g/mol. The fourth-order valence-electron chi connectivity index (χ4n) is 6.82. The summed E-state index contributed by atoms with van der Waals surface area (Å²) in [4.78, 5) is 12.6. The van der Waals surface area contributed by atoms with Gasteiger partial charge in [-0.05, 0) is 91.5 Å². The molecule has 2 aromatic rings. The number of phenols is 1. The minimum absolute atomic E-state index is 0.0442. The van der Waals surface area contributed by atoms with Crippen molar-refractivity contribution >= 4 is 5.97 Å². The molecule has 0 spiro atoms. The van der Waals surface area contributed by atoms with Crippen LogP contribution < -0.4 is 0 Å². The van der Waals surface area contributed by atoms with Crippen molar-refractivity contribution in [2.45, 2.75) is 70.3 Å². The maximum atomic E-state index is 12.6. The molecule has 3 heteroatoms. The number of rotatable bonds is 4. The van der Waals surface area contributed by atoms with Crippen molar-refractivity contribution in [1.82, 2.24) is 0 Å². The second-order valence-electron chi connectivity index (χ2n) is 9.88. The van der Waals surface area contributed by atoms with Crippen LogP contribution in [0.3, 0.4) is 0 Å². The standard InChI is InChI=1S/C27H32O3/c1-27-16-15-22-21-11-9-20(28)17-19(21)8-10-23(22)24(27)12-13-25(27)30-26(29)14-7-18-5-3-2-4-6-18/h2-6,9,11,17,22-25,28H,7-8,10,12-16H2,1H3/t22-,23-,24+,25-,27+/m0/s1. The molecule has 0 amide bonds. The van der Waals surface area contributed by atoms with Crippen molar-refractivity contribution in [2.75, 3.05) is 0 Å². The average molecular weight is 405 g/mol. The van der Waals surface area contributed by atoms with Crippen molar-refractivity contribution < 1.29 is 14.6 Å². The van der Waals surface area contributed by atoms with Crippen molar-refractivity contribution in [2.24, 2.45) is 17.3 Å². The topological polar surface area (TPSA) is 46.5 Å². The second kappa shape index (κ2) is 7.76. The number of hydrogen-bond donors (Lipinski definition) is 1. The van der Waals surface area contributed by atoms with E-state index in [-0.39, 0.29) is 17.5 Å². The van der Waals surface area contributed by atoms with Crippen molar-refractivity contribution in [1.29, 1.82) is 0 Å². The molecule has 5 atom stereocenters. The molecular formula is C27H32O3. The van der Waals surface area contributed by atoms with Crippen molar-refractivity contribution in [3.8, 4) is 5.75 Å². The third-order valence-corrected chi connectivity index (χ3v) is 8.36. The molecule has 0 aromatic heterocycles. The molecule has 1 N–H and O–H groups in total. The first kappa shape index (κ1) is 19.7. The molecule has 0 unspecified atom stereocenters. The lowest BCUT2D eigenvalue weighted by Crippen LogP contribution is -2.45. The van der Waals surface area contributed by atoms with Gasteiger partial charge < -0.3 is 9.84 Å². The largest absolute Gasteiger partial charge is 0.508 e. The van der Waals surface area contributed by atoms with Crippen LogP contribution in [0.4, 0.5) is 0 Å². The van der Waals surface area contributed by atoms with E-state index < -0.39 is 0 Å². The molecule has 3 aliphatic rings. The van der Waals surface area contributed by atoms with E-state index >= 15 is 0 Å². The Bertz CT molecular complexity index is 921. The van der Waals surface area contributed by atoms with Crippen molar-refractivity contribution in [3.05, 3.63) is 65.2 Å². The third-order valence-electron chi connectivity index (χ3n) is 8.36. The number of phenolic OH excluding ortho intramolecular Hbond substituents is 1. The fourth-order valence-corrected chi connectivity index (χ4v) is 6.82. The molecular weight excluding hydrogens is 372 g/mol. The number of esters is 1. The number of benzene rings is 2. The van der Waals surface area contributed by atoms with Crippen LogP contribution in [0.1, 0.15) is 68.1 Å². The fraction of sp³-hybridized carbons (Fsp3) is 0.519.